The van der Waals surface area contributed by atoms with Crippen molar-refractivity contribution in [2.45, 2.75) is 5.03 Å². The highest BCUT2D eigenvalue weighted by Crippen LogP contribution is 2.26. The maximum Gasteiger partial charge on any atom is 0.340 e. The number of hydrogen-bond acceptors (Lipinski definition) is 6. The Morgan fingerprint density at radius 3 is 2.61 bits per heavy atom. The van der Waals surface area contributed by atoms with Gasteiger partial charge in [0.1, 0.15) is 5.75 Å². The molecule has 3 aromatic rings. The average Bonchev–Trinajstić information content (AvgIpc) is 2.77. The van der Waals surface area contributed by atoms with Gasteiger partial charge in [0.2, 0.25) is 0 Å². The summed E-state index contributed by atoms with van der Waals surface area (Å²) in [6.45, 7) is 0.411. The van der Waals surface area contributed by atoms with E-state index in [-0.39, 0.29) is 21.8 Å². The third kappa shape index (κ3) is 6.37. The van der Waals surface area contributed by atoms with Gasteiger partial charge in [0.25, 0.3) is 5.91 Å². The first kappa shape index (κ1) is 22.9. The Morgan fingerprint density at radius 2 is 1.90 bits per heavy atom. The summed E-state index contributed by atoms with van der Waals surface area (Å²) in [7, 11) is 1.26. The molecular weight excluding hydrogens is 459 g/mol. The van der Waals surface area contributed by atoms with Crippen LogP contribution in [0, 0.1) is 0 Å². The van der Waals surface area contributed by atoms with Gasteiger partial charge in [-0.15, -0.1) is 11.8 Å². The molecule has 0 atom stereocenters. The molecule has 1 N–H and O–H groups in total. The highest BCUT2D eigenvalue weighted by atomic mass is 35.5. The molecule has 31 heavy (non-hydrogen) atoms. The molecule has 0 saturated heterocycles. The average molecular weight is 477 g/mol. The molecule has 1 aromatic heterocycles. The standard InChI is InChI=1S/C22H18Cl2N2O4S/c1-29-22(28)17-13-15(30-10-11-31-20-4-2-3-9-25-20)6-8-19(17)26-21(27)16-7-5-14(23)12-18(16)24/h2-9,12-13H,10-11H2,1H3,(H,26,27). The second-order valence-corrected chi connectivity index (χ2v) is 8.10. The molecule has 0 radical (unpaired) electrons. The number of pyridine rings is 1. The van der Waals surface area contributed by atoms with Crippen LogP contribution in [0.4, 0.5) is 5.69 Å². The molecule has 0 aliphatic rings. The normalized spacial score (nSPS) is 10.4. The second kappa shape index (κ2) is 11.0. The molecule has 0 saturated carbocycles. The fourth-order valence-corrected chi connectivity index (χ4v) is 3.78. The van der Waals surface area contributed by atoms with Crippen molar-refractivity contribution in [3.05, 3.63) is 82.0 Å². The molecule has 0 spiro atoms. The largest absolute Gasteiger partial charge is 0.493 e. The van der Waals surface area contributed by atoms with Gasteiger partial charge in [0.05, 0.1) is 40.6 Å². The predicted molar refractivity (Wildman–Crippen MR) is 123 cm³/mol. The van der Waals surface area contributed by atoms with Gasteiger partial charge >= 0.3 is 5.97 Å². The summed E-state index contributed by atoms with van der Waals surface area (Å²) in [5.41, 5.74) is 0.669. The summed E-state index contributed by atoms with van der Waals surface area (Å²) in [6.07, 6.45) is 1.73. The third-order valence-corrected chi connectivity index (χ3v) is 5.52. The number of ether oxygens (including phenoxy) is 2. The number of halogens is 2. The molecule has 0 bridgehead atoms. The molecule has 160 valence electrons. The van der Waals surface area contributed by atoms with E-state index in [1.165, 1.54) is 25.3 Å². The Hall–Kier alpha value is -2.74. The van der Waals surface area contributed by atoms with E-state index in [9.17, 15) is 9.59 Å². The van der Waals surface area contributed by atoms with Gasteiger partial charge in [0, 0.05) is 17.0 Å². The van der Waals surface area contributed by atoms with Gasteiger partial charge in [-0.2, -0.15) is 0 Å². The zero-order valence-electron chi connectivity index (χ0n) is 16.4. The van der Waals surface area contributed by atoms with Crippen LogP contribution < -0.4 is 10.1 Å². The molecule has 0 aliphatic heterocycles. The molecule has 0 fully saturated rings. The Bertz CT molecular complexity index is 1080. The van der Waals surface area contributed by atoms with Crippen LogP contribution in [0.25, 0.3) is 0 Å². The third-order valence-electron chi connectivity index (χ3n) is 4.06. The summed E-state index contributed by atoms with van der Waals surface area (Å²) < 4.78 is 10.6. The number of carbonyl (C=O) groups excluding carboxylic acids is 2. The number of aromatic nitrogens is 1. The van der Waals surface area contributed by atoms with Crippen molar-refractivity contribution in [1.29, 1.82) is 0 Å². The van der Waals surface area contributed by atoms with Crippen molar-refractivity contribution >= 4 is 52.5 Å². The lowest BCUT2D eigenvalue weighted by molar-refractivity contribution is 0.0601. The van der Waals surface area contributed by atoms with E-state index in [0.29, 0.717) is 23.1 Å². The number of nitrogens with zero attached hydrogens (tertiary/aromatic N) is 1. The number of carbonyl (C=O) groups is 2. The first-order valence-corrected chi connectivity index (χ1v) is 10.9. The van der Waals surface area contributed by atoms with E-state index in [0.717, 1.165) is 5.03 Å². The van der Waals surface area contributed by atoms with Crippen LogP contribution in [-0.4, -0.2) is 36.3 Å². The van der Waals surface area contributed by atoms with Crippen molar-refractivity contribution in [2.24, 2.45) is 0 Å². The van der Waals surface area contributed by atoms with E-state index in [2.05, 4.69) is 10.3 Å². The molecule has 2 aromatic carbocycles. The van der Waals surface area contributed by atoms with E-state index < -0.39 is 11.9 Å². The molecule has 0 aliphatic carbocycles. The van der Waals surface area contributed by atoms with Gasteiger partial charge < -0.3 is 14.8 Å². The van der Waals surface area contributed by atoms with E-state index in [1.54, 1.807) is 36.2 Å². The number of thioether (sulfide) groups is 1. The highest BCUT2D eigenvalue weighted by molar-refractivity contribution is 7.99. The Labute approximate surface area is 193 Å². The first-order chi connectivity index (χ1) is 15.0. The van der Waals surface area contributed by atoms with Crippen LogP contribution in [0.5, 0.6) is 5.75 Å². The predicted octanol–water partition coefficient (Wildman–Crippen LogP) is 5.60. The first-order valence-electron chi connectivity index (χ1n) is 9.13. The second-order valence-electron chi connectivity index (χ2n) is 6.14. The van der Waals surface area contributed by atoms with Gasteiger partial charge in [0.15, 0.2) is 0 Å². The summed E-state index contributed by atoms with van der Waals surface area (Å²) in [4.78, 5) is 29.1. The number of anilines is 1. The topological polar surface area (TPSA) is 77.5 Å². The fraction of sp³-hybridized carbons (Fsp3) is 0.136. The quantitative estimate of drug-likeness (QED) is 0.259. The number of methoxy groups -OCH3 is 1. The Morgan fingerprint density at radius 1 is 1.06 bits per heavy atom. The fourth-order valence-electron chi connectivity index (χ4n) is 2.60. The van der Waals surface area contributed by atoms with E-state index >= 15 is 0 Å². The van der Waals surface area contributed by atoms with Crippen molar-refractivity contribution in [3.63, 3.8) is 0 Å². The van der Waals surface area contributed by atoms with Crippen LogP contribution in [0.2, 0.25) is 10.0 Å². The summed E-state index contributed by atoms with van der Waals surface area (Å²) >= 11 is 13.5. The Balaban J connectivity index is 1.69. The van der Waals surface area contributed by atoms with Crippen LogP contribution in [0.1, 0.15) is 20.7 Å². The molecule has 0 unspecified atom stereocenters. The molecule has 1 heterocycles. The lowest BCUT2D eigenvalue weighted by Crippen LogP contribution is -2.16. The SMILES string of the molecule is COC(=O)c1cc(OCCSc2ccccn2)ccc1NC(=O)c1ccc(Cl)cc1Cl. The minimum absolute atomic E-state index is 0.163. The van der Waals surface area contributed by atoms with Crippen LogP contribution in [-0.2, 0) is 4.74 Å². The van der Waals surface area contributed by atoms with E-state index in [4.69, 9.17) is 32.7 Å². The van der Waals surface area contributed by atoms with Crippen molar-refractivity contribution in [3.8, 4) is 5.75 Å². The monoisotopic (exact) mass is 476 g/mol. The number of amides is 1. The van der Waals surface area contributed by atoms with Gasteiger partial charge in [-0.25, -0.2) is 9.78 Å². The van der Waals surface area contributed by atoms with Gasteiger partial charge in [-0.3, -0.25) is 4.79 Å². The smallest absolute Gasteiger partial charge is 0.340 e. The van der Waals surface area contributed by atoms with Crippen LogP contribution >= 0.6 is 35.0 Å². The molecule has 1 amide bonds. The maximum atomic E-state index is 12.6. The van der Waals surface area contributed by atoms with Crippen molar-refractivity contribution < 1.29 is 19.1 Å². The number of nitrogens with one attached hydrogen (secondary N) is 1. The number of hydrogen-bond donors (Lipinski definition) is 1. The Kier molecular flexibility index (Phi) is 8.17. The molecule has 9 heteroatoms. The molecule has 3 rings (SSSR count). The lowest BCUT2D eigenvalue weighted by Gasteiger charge is -2.13. The minimum Gasteiger partial charge on any atom is -0.493 e. The minimum atomic E-state index is -0.606. The number of rotatable bonds is 8. The lowest BCUT2D eigenvalue weighted by atomic mass is 10.1. The highest BCUT2D eigenvalue weighted by Gasteiger charge is 2.18. The van der Waals surface area contributed by atoms with Crippen molar-refractivity contribution in [2.75, 3.05) is 24.8 Å². The van der Waals surface area contributed by atoms with Gasteiger partial charge in [-0.1, -0.05) is 29.3 Å². The van der Waals surface area contributed by atoms with Crippen molar-refractivity contribution in [1.82, 2.24) is 4.98 Å². The maximum absolute atomic E-state index is 12.6. The van der Waals surface area contributed by atoms with Crippen LogP contribution in [0.15, 0.2) is 65.8 Å². The molecule has 6 nitrogen and oxygen atoms in total. The summed E-state index contributed by atoms with van der Waals surface area (Å²) in [6, 6.07) is 15.0. The summed E-state index contributed by atoms with van der Waals surface area (Å²) in [5.74, 6) is 0.0700. The van der Waals surface area contributed by atoms with Gasteiger partial charge in [-0.05, 0) is 48.5 Å². The molecular formula is C22H18Cl2N2O4S. The number of benzene rings is 2. The summed E-state index contributed by atoms with van der Waals surface area (Å²) in [5, 5.41) is 4.21. The zero-order valence-corrected chi connectivity index (χ0v) is 18.8. The zero-order chi connectivity index (χ0) is 22.2. The van der Waals surface area contributed by atoms with Crippen LogP contribution in [0.3, 0.4) is 0 Å². The number of esters is 1. The van der Waals surface area contributed by atoms with E-state index in [1.807, 2.05) is 18.2 Å².